The Balaban J connectivity index is 0.839. The van der Waals surface area contributed by atoms with E-state index in [2.05, 4.69) is 171 Å². The largest absolute Gasteiger partial charge is 0.494 e. The third kappa shape index (κ3) is 21.1. The minimum Gasteiger partial charge on any atom is -0.494 e. The van der Waals surface area contributed by atoms with E-state index in [1.807, 2.05) is 30.5 Å². The van der Waals surface area contributed by atoms with E-state index < -0.39 is 0 Å². The number of benzene rings is 5. The van der Waals surface area contributed by atoms with Crippen LogP contribution in [0.15, 0.2) is 164 Å². The first-order valence-electron chi connectivity index (χ1n) is 26.3. The summed E-state index contributed by atoms with van der Waals surface area (Å²) < 4.78 is 22.2. The van der Waals surface area contributed by atoms with Gasteiger partial charge >= 0.3 is 11.9 Å². The Hall–Kier alpha value is -7.77. The van der Waals surface area contributed by atoms with Gasteiger partial charge in [-0.3, -0.25) is 4.98 Å². The molecule has 74 heavy (non-hydrogen) atoms. The Labute approximate surface area is 440 Å². The number of aromatic nitrogens is 1. The minimum absolute atomic E-state index is 0.301. The van der Waals surface area contributed by atoms with Gasteiger partial charge < -0.3 is 18.9 Å². The summed E-state index contributed by atoms with van der Waals surface area (Å²) in [6.07, 6.45) is 31.7. The van der Waals surface area contributed by atoms with Crippen LogP contribution in [0.4, 0.5) is 0 Å². The molecule has 0 aliphatic carbocycles. The average Bonchev–Trinajstić information content (AvgIpc) is 3.43. The van der Waals surface area contributed by atoms with Gasteiger partial charge in [0.25, 0.3) is 0 Å². The zero-order chi connectivity index (χ0) is 52.0. The monoisotopic (exact) mass is 988 g/mol. The second-order valence-corrected chi connectivity index (χ2v) is 18.7. The highest BCUT2D eigenvalue weighted by molar-refractivity contribution is 5.87. The van der Waals surface area contributed by atoms with Gasteiger partial charge in [-0.15, -0.1) is 0 Å². The number of hydrogen-bond donors (Lipinski definition) is 0. The van der Waals surface area contributed by atoms with Gasteiger partial charge in [-0.1, -0.05) is 216 Å². The van der Waals surface area contributed by atoms with Gasteiger partial charge in [0.1, 0.15) is 11.5 Å². The van der Waals surface area contributed by atoms with Crippen molar-refractivity contribution in [3.63, 3.8) is 0 Å². The fourth-order valence-electron chi connectivity index (χ4n) is 7.77. The maximum Gasteiger partial charge on any atom is 0.333 e. The fourth-order valence-corrected chi connectivity index (χ4v) is 7.77. The van der Waals surface area contributed by atoms with E-state index >= 15 is 0 Å². The normalized spacial score (nSPS) is 11.4. The Morgan fingerprint density at radius 1 is 0.365 bits per heavy atom. The standard InChI is InChI=1S/C67H73NO6/c1-52(2)66(69)73-49-15-11-7-5-9-13-47-71-63-42-35-59(36-43-63)29-26-55-19-17-54(18-20-55)25-28-58-33-40-62(41-34-58)65-46-39-61(51-68-65)32-31-57-23-21-56(22-24-57)27-30-60-37-44-64(45-38-60)72-48-14-10-6-8-12-16-50-74-67(70)53(3)4/h17-46,51H,1,3,5-16,47-50H2,2,4H3/b28-25+,29-26+,30-27+,32-31+. The van der Waals surface area contributed by atoms with E-state index in [-0.39, 0.29) is 11.9 Å². The van der Waals surface area contributed by atoms with Crippen molar-refractivity contribution in [2.45, 2.75) is 90.9 Å². The highest BCUT2D eigenvalue weighted by Gasteiger charge is 2.05. The summed E-state index contributed by atoms with van der Waals surface area (Å²) in [4.78, 5) is 27.6. The van der Waals surface area contributed by atoms with E-state index in [0.29, 0.717) is 37.6 Å². The summed E-state index contributed by atoms with van der Waals surface area (Å²) in [5.74, 6) is 1.18. The van der Waals surface area contributed by atoms with Crippen molar-refractivity contribution in [3.8, 4) is 22.8 Å². The van der Waals surface area contributed by atoms with Crippen LogP contribution >= 0.6 is 0 Å². The van der Waals surface area contributed by atoms with Crippen LogP contribution in [0.25, 0.3) is 59.9 Å². The van der Waals surface area contributed by atoms with Crippen molar-refractivity contribution < 1.29 is 28.5 Å². The molecule has 0 amide bonds. The van der Waals surface area contributed by atoms with Crippen molar-refractivity contribution in [1.82, 2.24) is 4.98 Å². The predicted molar refractivity (Wildman–Crippen MR) is 309 cm³/mol. The van der Waals surface area contributed by atoms with E-state index in [4.69, 9.17) is 23.9 Å². The third-order valence-corrected chi connectivity index (χ3v) is 12.3. The second-order valence-electron chi connectivity index (χ2n) is 18.7. The molecule has 0 aliphatic heterocycles. The molecule has 0 fully saturated rings. The molecule has 0 unspecified atom stereocenters. The number of carbonyl (C=O) groups excluding carboxylic acids is 2. The summed E-state index contributed by atoms with van der Waals surface area (Å²) in [5.41, 5.74) is 11.9. The molecule has 0 saturated carbocycles. The van der Waals surface area contributed by atoms with E-state index in [9.17, 15) is 9.59 Å². The molecule has 5 aromatic carbocycles. The lowest BCUT2D eigenvalue weighted by Crippen LogP contribution is -2.06. The zero-order valence-electron chi connectivity index (χ0n) is 43.5. The zero-order valence-corrected chi connectivity index (χ0v) is 43.5. The SMILES string of the molecule is C=C(C)C(=O)OCCCCCCCCOc1ccc(/C=C/c2ccc(/C=C/c3ccc(-c4ccc(/C=C/c5ccc(/C=C/c6ccc(OCCCCCCCCOC(=O)C(=C)C)cc6)cc5)cn4)cc3)cc2)cc1. The third-order valence-electron chi connectivity index (χ3n) is 12.3. The molecule has 0 saturated heterocycles. The molecule has 6 aromatic rings. The van der Waals surface area contributed by atoms with Gasteiger partial charge in [-0.25, -0.2) is 9.59 Å². The second kappa shape index (κ2) is 31.6. The van der Waals surface area contributed by atoms with Crippen molar-refractivity contribution in [2.24, 2.45) is 0 Å². The van der Waals surface area contributed by atoms with Crippen LogP contribution in [0, 0.1) is 0 Å². The Morgan fingerprint density at radius 3 is 0.946 bits per heavy atom. The lowest BCUT2D eigenvalue weighted by atomic mass is 10.1. The van der Waals surface area contributed by atoms with Crippen molar-refractivity contribution >= 4 is 60.5 Å². The summed E-state index contributed by atoms with van der Waals surface area (Å²) in [6.45, 7) is 12.9. The fraction of sp³-hybridized carbons (Fsp3) is 0.269. The maximum atomic E-state index is 11.4. The first-order chi connectivity index (χ1) is 36.2. The molecular formula is C67H73NO6. The molecule has 0 N–H and O–H groups in total. The predicted octanol–water partition coefficient (Wildman–Crippen LogP) is 17.1. The molecule has 0 bridgehead atoms. The highest BCUT2D eigenvalue weighted by atomic mass is 16.5. The first-order valence-corrected chi connectivity index (χ1v) is 26.3. The molecule has 0 spiro atoms. The van der Waals surface area contributed by atoms with Crippen LogP contribution < -0.4 is 9.47 Å². The van der Waals surface area contributed by atoms with Crippen LogP contribution in [0.5, 0.6) is 11.5 Å². The number of pyridine rings is 1. The Bertz CT molecular complexity index is 2570. The van der Waals surface area contributed by atoms with Gasteiger partial charge in [0.05, 0.1) is 32.1 Å². The molecule has 1 aromatic heterocycles. The molecule has 382 valence electrons. The number of nitrogens with zero attached hydrogens (tertiary/aromatic N) is 1. The van der Waals surface area contributed by atoms with E-state index in [1.165, 1.54) is 0 Å². The number of ether oxygens (including phenoxy) is 4. The van der Waals surface area contributed by atoms with Gasteiger partial charge in [0.2, 0.25) is 0 Å². The van der Waals surface area contributed by atoms with Crippen molar-refractivity contribution in [1.29, 1.82) is 0 Å². The van der Waals surface area contributed by atoms with Crippen molar-refractivity contribution in [2.75, 3.05) is 26.4 Å². The lowest BCUT2D eigenvalue weighted by Gasteiger charge is -2.07. The Kier molecular flexibility index (Phi) is 23.7. The first kappa shape index (κ1) is 55.5. The minimum atomic E-state index is -0.301. The van der Waals surface area contributed by atoms with Crippen LogP contribution in [0.1, 0.15) is 135 Å². The van der Waals surface area contributed by atoms with Crippen LogP contribution in [0.3, 0.4) is 0 Å². The van der Waals surface area contributed by atoms with Crippen LogP contribution in [-0.4, -0.2) is 43.4 Å². The molecule has 7 nitrogen and oxygen atoms in total. The molecule has 0 atom stereocenters. The van der Waals surface area contributed by atoms with Gasteiger partial charge in [-0.05, 0) is 114 Å². The van der Waals surface area contributed by atoms with Crippen LogP contribution in [-0.2, 0) is 19.1 Å². The van der Waals surface area contributed by atoms with Crippen LogP contribution in [0.2, 0.25) is 0 Å². The Morgan fingerprint density at radius 2 is 0.635 bits per heavy atom. The quantitative estimate of drug-likeness (QED) is 0.0186. The molecular weight excluding hydrogens is 915 g/mol. The average molecular weight is 988 g/mol. The lowest BCUT2D eigenvalue weighted by molar-refractivity contribution is -0.139. The number of carbonyl (C=O) groups is 2. The summed E-state index contributed by atoms with van der Waals surface area (Å²) >= 11 is 0. The maximum absolute atomic E-state index is 11.4. The molecule has 1 heterocycles. The van der Waals surface area contributed by atoms with E-state index in [1.54, 1.807) is 13.8 Å². The van der Waals surface area contributed by atoms with Gasteiger partial charge in [-0.2, -0.15) is 0 Å². The molecule has 0 radical (unpaired) electrons. The number of unbranched alkanes of at least 4 members (excludes halogenated alkanes) is 10. The van der Waals surface area contributed by atoms with E-state index in [0.717, 1.165) is 144 Å². The highest BCUT2D eigenvalue weighted by Crippen LogP contribution is 2.22. The van der Waals surface area contributed by atoms with Crippen molar-refractivity contribution in [3.05, 3.63) is 208 Å². The topological polar surface area (TPSA) is 84.0 Å². The molecule has 0 aliphatic rings. The number of rotatable bonds is 31. The van der Waals surface area contributed by atoms with Gasteiger partial charge in [0, 0.05) is 22.9 Å². The number of esters is 2. The molecule has 6 rings (SSSR count). The summed E-state index contributed by atoms with van der Waals surface area (Å²) in [5, 5.41) is 0. The smallest absolute Gasteiger partial charge is 0.333 e. The summed E-state index contributed by atoms with van der Waals surface area (Å²) in [7, 11) is 0. The van der Waals surface area contributed by atoms with Gasteiger partial charge in [0.15, 0.2) is 0 Å². The molecule has 7 heteroatoms. The number of hydrogen-bond acceptors (Lipinski definition) is 7. The summed E-state index contributed by atoms with van der Waals surface area (Å²) in [6, 6.07) is 46.2.